The van der Waals surface area contributed by atoms with Gasteiger partial charge in [-0.1, -0.05) is 17.7 Å². The van der Waals surface area contributed by atoms with Crippen molar-refractivity contribution in [2.45, 2.75) is 19.8 Å². The van der Waals surface area contributed by atoms with Gasteiger partial charge >= 0.3 is 0 Å². The van der Waals surface area contributed by atoms with Crippen molar-refractivity contribution in [1.29, 1.82) is 0 Å². The fourth-order valence-electron chi connectivity index (χ4n) is 2.63. The number of amides is 1. The number of carbonyl (C=O) groups excluding carboxylic acids is 1. The van der Waals surface area contributed by atoms with Gasteiger partial charge < -0.3 is 4.90 Å². The first-order chi connectivity index (χ1) is 9.65. The lowest BCUT2D eigenvalue weighted by molar-refractivity contribution is 0.0985. The monoisotopic (exact) mass is 269 g/mol. The largest absolute Gasteiger partial charge is 0.308 e. The number of aryl methyl sites for hydroxylation is 2. The van der Waals surface area contributed by atoms with E-state index in [2.05, 4.69) is 0 Å². The van der Waals surface area contributed by atoms with Crippen LogP contribution in [-0.2, 0) is 6.42 Å². The lowest BCUT2D eigenvalue weighted by atomic mass is 10.0. The van der Waals surface area contributed by atoms with Gasteiger partial charge in [0.15, 0.2) is 0 Å². The average Bonchev–Trinajstić information content (AvgIpc) is 2.46. The lowest BCUT2D eigenvalue weighted by Crippen LogP contribution is -2.35. The highest BCUT2D eigenvalue weighted by molar-refractivity contribution is 6.06. The Labute approximate surface area is 117 Å². The standard InChI is InChI=1S/C17H16FNO/c1-12-4-6-13(7-5-12)17(20)19-10-2-3-14-11-15(18)8-9-16(14)19/h4-9,11H,2-3,10H2,1H3. The summed E-state index contributed by atoms with van der Waals surface area (Å²) in [5.74, 6) is -0.258. The first kappa shape index (κ1) is 12.9. The number of nitrogens with zero attached hydrogens (tertiary/aromatic N) is 1. The molecule has 1 heterocycles. The van der Waals surface area contributed by atoms with E-state index < -0.39 is 0 Å². The number of benzene rings is 2. The third-order valence-corrected chi connectivity index (χ3v) is 3.70. The van der Waals surface area contributed by atoms with Crippen LogP contribution in [-0.4, -0.2) is 12.5 Å². The fourth-order valence-corrected chi connectivity index (χ4v) is 2.63. The van der Waals surface area contributed by atoms with Crippen LogP contribution in [0.4, 0.5) is 10.1 Å². The quantitative estimate of drug-likeness (QED) is 0.772. The number of hydrogen-bond acceptors (Lipinski definition) is 1. The number of carbonyl (C=O) groups is 1. The molecule has 1 aliphatic rings. The lowest BCUT2D eigenvalue weighted by Gasteiger charge is -2.29. The van der Waals surface area contributed by atoms with Crippen LogP contribution in [0.5, 0.6) is 0 Å². The van der Waals surface area contributed by atoms with Crippen molar-refractivity contribution >= 4 is 11.6 Å². The van der Waals surface area contributed by atoms with E-state index >= 15 is 0 Å². The molecule has 0 bridgehead atoms. The zero-order chi connectivity index (χ0) is 14.1. The summed E-state index contributed by atoms with van der Waals surface area (Å²) < 4.78 is 13.3. The van der Waals surface area contributed by atoms with Crippen molar-refractivity contribution in [2.24, 2.45) is 0 Å². The van der Waals surface area contributed by atoms with Crippen LogP contribution in [0.25, 0.3) is 0 Å². The molecule has 0 aromatic heterocycles. The summed E-state index contributed by atoms with van der Waals surface area (Å²) >= 11 is 0. The van der Waals surface area contributed by atoms with Crippen molar-refractivity contribution in [3.63, 3.8) is 0 Å². The van der Waals surface area contributed by atoms with E-state index in [4.69, 9.17) is 0 Å². The van der Waals surface area contributed by atoms with Gasteiger partial charge in [-0.05, 0) is 55.7 Å². The second-order valence-corrected chi connectivity index (χ2v) is 5.20. The first-order valence-corrected chi connectivity index (χ1v) is 6.82. The van der Waals surface area contributed by atoms with Gasteiger partial charge in [-0.3, -0.25) is 4.79 Å². The van der Waals surface area contributed by atoms with Crippen molar-refractivity contribution in [3.05, 3.63) is 65.0 Å². The maximum absolute atomic E-state index is 13.3. The van der Waals surface area contributed by atoms with Gasteiger partial charge in [0.25, 0.3) is 5.91 Å². The molecule has 0 spiro atoms. The molecule has 102 valence electrons. The van der Waals surface area contributed by atoms with Crippen molar-refractivity contribution in [2.75, 3.05) is 11.4 Å². The molecule has 3 rings (SSSR count). The Kier molecular flexibility index (Phi) is 3.26. The minimum Gasteiger partial charge on any atom is -0.308 e. The average molecular weight is 269 g/mol. The maximum Gasteiger partial charge on any atom is 0.258 e. The molecule has 0 atom stereocenters. The molecule has 0 radical (unpaired) electrons. The van der Waals surface area contributed by atoms with Crippen LogP contribution in [0, 0.1) is 12.7 Å². The molecule has 3 heteroatoms. The smallest absolute Gasteiger partial charge is 0.258 e. The Balaban J connectivity index is 1.96. The van der Waals surface area contributed by atoms with Gasteiger partial charge in [0.1, 0.15) is 5.82 Å². The van der Waals surface area contributed by atoms with Gasteiger partial charge in [-0.2, -0.15) is 0 Å². The molecule has 1 amide bonds. The summed E-state index contributed by atoms with van der Waals surface area (Å²) in [7, 11) is 0. The highest BCUT2D eigenvalue weighted by Gasteiger charge is 2.23. The van der Waals surface area contributed by atoms with E-state index in [1.165, 1.54) is 12.1 Å². The Morgan fingerprint density at radius 2 is 1.90 bits per heavy atom. The molecule has 0 aliphatic carbocycles. The zero-order valence-electron chi connectivity index (χ0n) is 11.4. The SMILES string of the molecule is Cc1ccc(C(=O)N2CCCc3cc(F)ccc32)cc1. The summed E-state index contributed by atoms with van der Waals surface area (Å²) in [5, 5.41) is 0. The van der Waals surface area contributed by atoms with E-state index in [1.807, 2.05) is 31.2 Å². The first-order valence-electron chi connectivity index (χ1n) is 6.82. The van der Waals surface area contributed by atoms with Crippen molar-refractivity contribution in [1.82, 2.24) is 0 Å². The van der Waals surface area contributed by atoms with Crippen LogP contribution in [0.3, 0.4) is 0 Å². The molecule has 1 aliphatic heterocycles. The molecule has 20 heavy (non-hydrogen) atoms. The molecule has 2 nitrogen and oxygen atoms in total. The highest BCUT2D eigenvalue weighted by Crippen LogP contribution is 2.29. The number of halogens is 1. The van der Waals surface area contributed by atoms with Crippen LogP contribution < -0.4 is 4.90 Å². The zero-order valence-corrected chi connectivity index (χ0v) is 11.4. The Morgan fingerprint density at radius 3 is 2.65 bits per heavy atom. The van der Waals surface area contributed by atoms with Crippen LogP contribution >= 0.6 is 0 Å². The summed E-state index contributed by atoms with van der Waals surface area (Å²) in [6, 6.07) is 12.2. The topological polar surface area (TPSA) is 20.3 Å². The molecule has 0 saturated heterocycles. The van der Waals surface area contributed by atoms with E-state index in [9.17, 15) is 9.18 Å². The number of fused-ring (bicyclic) bond motifs is 1. The van der Waals surface area contributed by atoms with Gasteiger partial charge in [0.2, 0.25) is 0 Å². The van der Waals surface area contributed by atoms with E-state index in [-0.39, 0.29) is 11.7 Å². The van der Waals surface area contributed by atoms with Gasteiger partial charge in [0.05, 0.1) is 0 Å². The maximum atomic E-state index is 13.3. The molecular weight excluding hydrogens is 253 g/mol. The Bertz CT molecular complexity index is 649. The normalized spacial score (nSPS) is 14.0. The van der Waals surface area contributed by atoms with Crippen molar-refractivity contribution < 1.29 is 9.18 Å². The predicted octanol–water partition coefficient (Wildman–Crippen LogP) is 3.73. The minimum absolute atomic E-state index is 0.0161. The van der Waals surface area contributed by atoms with Crippen LogP contribution in [0.1, 0.15) is 27.9 Å². The van der Waals surface area contributed by atoms with Crippen molar-refractivity contribution in [3.8, 4) is 0 Å². The van der Waals surface area contributed by atoms with Crippen LogP contribution in [0.15, 0.2) is 42.5 Å². The van der Waals surface area contributed by atoms with Crippen LogP contribution in [0.2, 0.25) is 0 Å². The predicted molar refractivity (Wildman–Crippen MR) is 77.6 cm³/mol. The molecule has 0 saturated carbocycles. The molecule has 2 aromatic carbocycles. The Morgan fingerprint density at radius 1 is 1.15 bits per heavy atom. The Hall–Kier alpha value is -2.16. The van der Waals surface area contributed by atoms with Gasteiger partial charge in [-0.15, -0.1) is 0 Å². The minimum atomic E-state index is -0.242. The third kappa shape index (κ3) is 2.31. The van der Waals surface area contributed by atoms with E-state index in [0.29, 0.717) is 12.1 Å². The second-order valence-electron chi connectivity index (χ2n) is 5.20. The third-order valence-electron chi connectivity index (χ3n) is 3.70. The molecule has 0 fully saturated rings. The second kappa shape index (κ2) is 5.08. The number of hydrogen-bond donors (Lipinski definition) is 0. The summed E-state index contributed by atoms with van der Waals surface area (Å²) in [6.45, 7) is 2.68. The fraction of sp³-hybridized carbons (Fsp3) is 0.235. The molecule has 2 aromatic rings. The molecular formula is C17H16FNO. The summed E-state index contributed by atoms with van der Waals surface area (Å²) in [6.07, 6.45) is 1.69. The van der Waals surface area contributed by atoms with E-state index in [0.717, 1.165) is 29.7 Å². The molecule has 0 unspecified atom stereocenters. The van der Waals surface area contributed by atoms with Gasteiger partial charge in [-0.25, -0.2) is 4.39 Å². The number of anilines is 1. The highest BCUT2D eigenvalue weighted by atomic mass is 19.1. The van der Waals surface area contributed by atoms with Gasteiger partial charge in [0, 0.05) is 17.8 Å². The summed E-state index contributed by atoms with van der Waals surface area (Å²) in [4.78, 5) is 14.3. The van der Waals surface area contributed by atoms with E-state index in [1.54, 1.807) is 11.0 Å². The number of rotatable bonds is 1. The molecule has 0 N–H and O–H groups in total. The summed E-state index contributed by atoms with van der Waals surface area (Å²) in [5.41, 5.74) is 3.55.